The molecule has 0 radical (unpaired) electrons. The molecule has 180 valence electrons. The van der Waals surface area contributed by atoms with Crippen molar-refractivity contribution in [3.8, 4) is 5.75 Å². The van der Waals surface area contributed by atoms with Crippen LogP contribution in [-0.2, 0) is 26.0 Å². The first kappa shape index (κ1) is 23.8. The fraction of sp³-hybridized carbons (Fsp3) is 0.360. The monoisotopic (exact) mass is 483 g/mol. The predicted molar refractivity (Wildman–Crippen MR) is 131 cm³/mol. The number of ether oxygens (including phenoxy) is 1. The maximum absolute atomic E-state index is 13.2. The number of anilines is 1. The van der Waals surface area contributed by atoms with Gasteiger partial charge in [0, 0.05) is 35.9 Å². The molecule has 2 amide bonds. The van der Waals surface area contributed by atoms with Gasteiger partial charge in [0.25, 0.3) is 0 Å². The van der Waals surface area contributed by atoms with Crippen LogP contribution in [0.2, 0.25) is 0 Å². The van der Waals surface area contributed by atoms with Gasteiger partial charge in [-0.05, 0) is 43.2 Å². The molecule has 0 spiro atoms. The van der Waals surface area contributed by atoms with Gasteiger partial charge in [0.1, 0.15) is 18.0 Å². The Morgan fingerprint density at radius 2 is 1.65 bits per heavy atom. The lowest BCUT2D eigenvalue weighted by Crippen LogP contribution is -2.34. The normalized spacial score (nSPS) is 14.6. The number of hydrogen-bond donors (Lipinski definition) is 1. The third-order valence-electron chi connectivity index (χ3n) is 6.05. The van der Waals surface area contributed by atoms with Crippen LogP contribution in [0.25, 0.3) is 10.9 Å². The summed E-state index contributed by atoms with van der Waals surface area (Å²) in [5.41, 5.74) is 1.13. The van der Waals surface area contributed by atoms with Crippen LogP contribution >= 0.6 is 0 Å². The molecule has 2 heterocycles. The van der Waals surface area contributed by atoms with Gasteiger partial charge in [0.05, 0.1) is 12.0 Å². The Balaban J connectivity index is 1.54. The molecule has 3 aromatic rings. The second-order valence-electron chi connectivity index (χ2n) is 8.47. The van der Waals surface area contributed by atoms with Crippen molar-refractivity contribution >= 4 is 38.2 Å². The van der Waals surface area contributed by atoms with Gasteiger partial charge in [-0.1, -0.05) is 31.0 Å². The summed E-state index contributed by atoms with van der Waals surface area (Å²) in [6.07, 6.45) is 5.70. The van der Waals surface area contributed by atoms with Crippen LogP contribution in [0.4, 0.5) is 5.69 Å². The van der Waals surface area contributed by atoms with E-state index in [0.29, 0.717) is 22.3 Å². The molecule has 0 unspecified atom stereocenters. The quantitative estimate of drug-likeness (QED) is 0.555. The van der Waals surface area contributed by atoms with Crippen LogP contribution in [0.15, 0.2) is 59.6 Å². The van der Waals surface area contributed by atoms with E-state index < -0.39 is 21.5 Å². The molecule has 0 aliphatic carbocycles. The number of nitrogens with zero attached hydrogens (tertiary/aromatic N) is 2. The Bertz CT molecular complexity index is 1270. The van der Waals surface area contributed by atoms with Crippen LogP contribution in [0.3, 0.4) is 0 Å². The maximum Gasteiger partial charge on any atom is 0.242 e. The zero-order valence-corrected chi connectivity index (χ0v) is 20.0. The number of rotatable bonds is 7. The smallest absolute Gasteiger partial charge is 0.242 e. The summed E-state index contributed by atoms with van der Waals surface area (Å²) in [6.45, 7) is 1.53. The Morgan fingerprint density at radius 3 is 2.32 bits per heavy atom. The molecular weight excluding hydrogens is 454 g/mol. The summed E-state index contributed by atoms with van der Waals surface area (Å²) in [7, 11) is -2.41. The lowest BCUT2D eigenvalue weighted by atomic mass is 10.2. The Labute approximate surface area is 199 Å². The third-order valence-corrected chi connectivity index (χ3v) is 7.68. The molecule has 9 heteroatoms. The van der Waals surface area contributed by atoms with Crippen molar-refractivity contribution in [2.24, 2.45) is 0 Å². The lowest BCUT2D eigenvalue weighted by molar-refractivity contribution is -0.131. The number of para-hydroxylation sites is 1. The number of nitrogens with one attached hydrogen (secondary N) is 1. The molecule has 1 aliphatic heterocycles. The third kappa shape index (κ3) is 5.41. The van der Waals surface area contributed by atoms with Crippen molar-refractivity contribution in [2.75, 3.05) is 31.3 Å². The molecule has 1 aliphatic rings. The first-order valence-corrected chi connectivity index (χ1v) is 13.0. The van der Waals surface area contributed by atoms with Gasteiger partial charge in [-0.2, -0.15) is 0 Å². The highest BCUT2D eigenvalue weighted by Crippen LogP contribution is 2.27. The predicted octanol–water partition coefficient (Wildman–Crippen LogP) is 3.46. The Morgan fingerprint density at radius 1 is 0.971 bits per heavy atom. The van der Waals surface area contributed by atoms with E-state index >= 15 is 0 Å². The zero-order valence-electron chi connectivity index (χ0n) is 19.2. The SMILES string of the molecule is COc1ccc(NC(=O)CS(=O)(=O)c2cn(CC(=O)N3CCCCCC3)c3ccccc23)cc1. The highest BCUT2D eigenvalue weighted by Gasteiger charge is 2.26. The summed E-state index contributed by atoms with van der Waals surface area (Å²) >= 11 is 0. The van der Waals surface area contributed by atoms with Crippen molar-refractivity contribution in [2.45, 2.75) is 37.1 Å². The van der Waals surface area contributed by atoms with Crippen LogP contribution in [0, 0.1) is 0 Å². The second-order valence-corrected chi connectivity index (χ2v) is 10.4. The van der Waals surface area contributed by atoms with Gasteiger partial charge in [-0.3, -0.25) is 9.59 Å². The minimum absolute atomic E-state index is 0.0242. The first-order chi connectivity index (χ1) is 16.4. The van der Waals surface area contributed by atoms with Crippen molar-refractivity contribution < 1.29 is 22.7 Å². The van der Waals surface area contributed by atoms with Crippen molar-refractivity contribution in [3.63, 3.8) is 0 Å². The van der Waals surface area contributed by atoms with E-state index in [2.05, 4.69) is 5.32 Å². The van der Waals surface area contributed by atoms with E-state index in [0.717, 1.165) is 38.8 Å². The van der Waals surface area contributed by atoms with Gasteiger partial charge in [0.2, 0.25) is 11.8 Å². The number of carbonyl (C=O) groups excluding carboxylic acids is 2. The van der Waals surface area contributed by atoms with E-state index in [-0.39, 0.29) is 17.3 Å². The summed E-state index contributed by atoms with van der Waals surface area (Å²) in [6, 6.07) is 13.7. The molecule has 0 saturated carbocycles. The topological polar surface area (TPSA) is 97.7 Å². The summed E-state index contributed by atoms with van der Waals surface area (Å²) in [4.78, 5) is 27.4. The van der Waals surface area contributed by atoms with Gasteiger partial charge in [-0.25, -0.2) is 8.42 Å². The zero-order chi connectivity index (χ0) is 24.1. The van der Waals surface area contributed by atoms with E-state index in [1.165, 1.54) is 13.3 Å². The van der Waals surface area contributed by atoms with E-state index in [9.17, 15) is 18.0 Å². The molecule has 4 rings (SSSR count). The number of sulfone groups is 1. The van der Waals surface area contributed by atoms with Crippen LogP contribution in [0.1, 0.15) is 25.7 Å². The molecule has 1 fully saturated rings. The number of hydrogen-bond acceptors (Lipinski definition) is 5. The number of carbonyl (C=O) groups is 2. The van der Waals surface area contributed by atoms with Crippen LogP contribution in [0.5, 0.6) is 5.75 Å². The van der Waals surface area contributed by atoms with Gasteiger partial charge < -0.3 is 19.5 Å². The molecular formula is C25H29N3O5S. The van der Waals surface area contributed by atoms with Crippen molar-refractivity contribution in [1.29, 1.82) is 0 Å². The van der Waals surface area contributed by atoms with E-state index in [1.807, 2.05) is 11.0 Å². The second kappa shape index (κ2) is 10.3. The van der Waals surface area contributed by atoms with Crippen LogP contribution in [-0.4, -0.2) is 55.7 Å². The van der Waals surface area contributed by atoms with Crippen molar-refractivity contribution in [1.82, 2.24) is 9.47 Å². The average Bonchev–Trinajstić information content (AvgIpc) is 2.99. The number of aromatic nitrogens is 1. The molecule has 1 saturated heterocycles. The molecule has 34 heavy (non-hydrogen) atoms. The molecule has 0 bridgehead atoms. The van der Waals surface area contributed by atoms with Gasteiger partial charge >= 0.3 is 0 Å². The first-order valence-electron chi connectivity index (χ1n) is 11.4. The van der Waals surface area contributed by atoms with Crippen LogP contribution < -0.4 is 10.1 Å². The minimum Gasteiger partial charge on any atom is -0.497 e. The molecule has 1 N–H and O–H groups in total. The lowest BCUT2D eigenvalue weighted by Gasteiger charge is -2.20. The molecule has 1 aromatic heterocycles. The number of methoxy groups -OCH3 is 1. The fourth-order valence-electron chi connectivity index (χ4n) is 4.28. The average molecular weight is 484 g/mol. The van der Waals surface area contributed by atoms with Gasteiger partial charge in [0.15, 0.2) is 9.84 Å². The Kier molecular flexibility index (Phi) is 7.21. The summed E-state index contributed by atoms with van der Waals surface area (Å²) < 4.78 is 33.2. The minimum atomic E-state index is -3.95. The number of benzene rings is 2. The highest BCUT2D eigenvalue weighted by atomic mass is 32.2. The summed E-state index contributed by atoms with van der Waals surface area (Å²) in [5.74, 6) is -0.729. The number of amides is 2. The summed E-state index contributed by atoms with van der Waals surface area (Å²) in [5, 5.41) is 3.12. The number of fused-ring (bicyclic) bond motifs is 1. The standard InChI is InChI=1S/C25H29N3O5S/c1-33-20-12-10-19(11-13-20)26-24(29)18-34(31,32)23-16-28(22-9-5-4-8-21(22)23)17-25(30)27-14-6-2-3-7-15-27/h4-5,8-13,16H,2-3,6-7,14-15,17-18H2,1H3,(H,26,29). The molecule has 8 nitrogen and oxygen atoms in total. The molecule has 2 aromatic carbocycles. The maximum atomic E-state index is 13.2. The highest BCUT2D eigenvalue weighted by molar-refractivity contribution is 7.92. The molecule has 0 atom stereocenters. The van der Waals surface area contributed by atoms with Crippen molar-refractivity contribution in [3.05, 3.63) is 54.7 Å². The largest absolute Gasteiger partial charge is 0.497 e. The van der Waals surface area contributed by atoms with E-state index in [1.54, 1.807) is 47.0 Å². The van der Waals surface area contributed by atoms with Gasteiger partial charge in [-0.15, -0.1) is 0 Å². The Hall–Kier alpha value is -3.33. The number of likely N-dealkylation sites (tertiary alicyclic amines) is 1. The fourth-order valence-corrected chi connectivity index (χ4v) is 5.65. The van der Waals surface area contributed by atoms with E-state index in [4.69, 9.17) is 4.74 Å².